The minimum Gasteiger partial charge on any atom is -0.312 e. The van der Waals surface area contributed by atoms with E-state index in [1.165, 1.54) is 25.7 Å². The Balaban J connectivity index is 1.89. The molecule has 0 aliphatic rings. The summed E-state index contributed by atoms with van der Waals surface area (Å²) in [5.74, 6) is 0. The van der Waals surface area contributed by atoms with Crippen molar-refractivity contribution in [3.05, 3.63) is 22.9 Å². The molecule has 0 aromatic carbocycles. The van der Waals surface area contributed by atoms with Gasteiger partial charge in [0.2, 0.25) is 0 Å². The Morgan fingerprint density at radius 1 is 1.38 bits per heavy atom. The minimum absolute atomic E-state index is 0.0199. The number of rotatable bonds is 8. The van der Waals surface area contributed by atoms with Crippen molar-refractivity contribution < 1.29 is 0 Å². The molecule has 6 nitrogen and oxygen atoms in total. The molecule has 1 unspecified atom stereocenters. The SMILES string of the molecule is CCCCCC(C)NCCn1cnc2c(cnn2C)c1=O. The van der Waals surface area contributed by atoms with Gasteiger partial charge in [-0.05, 0) is 13.3 Å². The highest BCUT2D eigenvalue weighted by Gasteiger charge is 2.08. The summed E-state index contributed by atoms with van der Waals surface area (Å²) in [6.45, 7) is 5.82. The molecule has 2 heterocycles. The first kappa shape index (κ1) is 15.7. The smallest absolute Gasteiger partial charge is 0.264 e. The van der Waals surface area contributed by atoms with Crippen molar-refractivity contribution in [2.24, 2.45) is 7.05 Å². The Kier molecular flexibility index (Phi) is 5.50. The fourth-order valence-electron chi connectivity index (χ4n) is 2.46. The molecule has 0 bridgehead atoms. The predicted molar refractivity (Wildman–Crippen MR) is 84.4 cm³/mol. The molecule has 0 radical (unpaired) electrons. The van der Waals surface area contributed by atoms with E-state index in [9.17, 15) is 4.79 Å². The number of hydrogen-bond donors (Lipinski definition) is 1. The van der Waals surface area contributed by atoms with E-state index in [0.717, 1.165) is 6.54 Å². The second-order valence-corrected chi connectivity index (χ2v) is 5.60. The summed E-state index contributed by atoms with van der Waals surface area (Å²) >= 11 is 0. The number of aryl methyl sites for hydroxylation is 1. The van der Waals surface area contributed by atoms with Gasteiger partial charge in [0.1, 0.15) is 11.7 Å². The van der Waals surface area contributed by atoms with Crippen LogP contribution in [0.2, 0.25) is 0 Å². The molecule has 2 aromatic heterocycles. The largest absolute Gasteiger partial charge is 0.312 e. The average molecular weight is 291 g/mol. The molecule has 0 amide bonds. The van der Waals surface area contributed by atoms with E-state index in [2.05, 4.69) is 29.2 Å². The van der Waals surface area contributed by atoms with E-state index < -0.39 is 0 Å². The van der Waals surface area contributed by atoms with Crippen LogP contribution in [0.5, 0.6) is 0 Å². The molecule has 1 N–H and O–H groups in total. The van der Waals surface area contributed by atoms with Gasteiger partial charge in [0, 0.05) is 26.2 Å². The van der Waals surface area contributed by atoms with Gasteiger partial charge in [-0.25, -0.2) is 4.98 Å². The number of aromatic nitrogens is 4. The monoisotopic (exact) mass is 291 g/mol. The molecule has 6 heteroatoms. The zero-order valence-electron chi connectivity index (χ0n) is 13.2. The van der Waals surface area contributed by atoms with Gasteiger partial charge in [0.05, 0.1) is 6.20 Å². The van der Waals surface area contributed by atoms with Gasteiger partial charge in [-0.1, -0.05) is 26.2 Å². The normalized spacial score (nSPS) is 12.9. The van der Waals surface area contributed by atoms with Crippen molar-refractivity contribution in [1.82, 2.24) is 24.6 Å². The molecule has 21 heavy (non-hydrogen) atoms. The highest BCUT2D eigenvalue weighted by atomic mass is 16.1. The molecule has 0 spiro atoms. The summed E-state index contributed by atoms with van der Waals surface area (Å²) in [6.07, 6.45) is 8.17. The Bertz CT molecular complexity index is 631. The summed E-state index contributed by atoms with van der Waals surface area (Å²) < 4.78 is 3.27. The van der Waals surface area contributed by atoms with Gasteiger partial charge in [-0.2, -0.15) is 5.10 Å². The number of nitrogens with zero attached hydrogens (tertiary/aromatic N) is 4. The van der Waals surface area contributed by atoms with Crippen LogP contribution in [-0.2, 0) is 13.6 Å². The quantitative estimate of drug-likeness (QED) is 0.752. The van der Waals surface area contributed by atoms with Gasteiger partial charge in [-0.3, -0.25) is 14.0 Å². The Morgan fingerprint density at radius 2 is 2.19 bits per heavy atom. The second-order valence-electron chi connectivity index (χ2n) is 5.60. The lowest BCUT2D eigenvalue weighted by Gasteiger charge is -2.14. The first-order valence-electron chi connectivity index (χ1n) is 7.74. The average Bonchev–Trinajstić information content (AvgIpc) is 2.84. The van der Waals surface area contributed by atoms with E-state index in [0.29, 0.717) is 23.6 Å². The molecule has 2 aromatic rings. The lowest BCUT2D eigenvalue weighted by molar-refractivity contribution is 0.467. The number of hydrogen-bond acceptors (Lipinski definition) is 4. The van der Waals surface area contributed by atoms with E-state index in [4.69, 9.17) is 0 Å². The summed E-state index contributed by atoms with van der Waals surface area (Å²) in [6, 6.07) is 0.488. The van der Waals surface area contributed by atoms with Crippen molar-refractivity contribution in [2.45, 2.75) is 52.1 Å². The maximum atomic E-state index is 12.3. The third-order valence-electron chi connectivity index (χ3n) is 3.80. The lowest BCUT2D eigenvalue weighted by atomic mass is 10.1. The topological polar surface area (TPSA) is 64.7 Å². The minimum atomic E-state index is -0.0199. The molecule has 0 saturated carbocycles. The summed E-state index contributed by atoms with van der Waals surface area (Å²) in [5, 5.41) is 8.11. The third kappa shape index (κ3) is 3.91. The third-order valence-corrected chi connectivity index (χ3v) is 3.80. The summed E-state index contributed by atoms with van der Waals surface area (Å²) in [7, 11) is 1.79. The molecule has 1 atom stereocenters. The fraction of sp³-hybridized carbons (Fsp3) is 0.667. The first-order chi connectivity index (χ1) is 10.1. The number of nitrogens with one attached hydrogen (secondary N) is 1. The van der Waals surface area contributed by atoms with Gasteiger partial charge < -0.3 is 5.32 Å². The standard InChI is InChI=1S/C15H25N5O/c1-4-5-6-7-12(2)16-8-9-20-11-17-14-13(15(20)21)10-18-19(14)3/h10-12,16H,4-9H2,1-3H3. The number of unbranched alkanes of at least 4 members (excludes halogenated alkanes) is 2. The van der Waals surface area contributed by atoms with Crippen LogP contribution in [0.4, 0.5) is 0 Å². The van der Waals surface area contributed by atoms with Crippen LogP contribution in [0.1, 0.15) is 39.5 Å². The van der Waals surface area contributed by atoms with Crippen LogP contribution in [0.25, 0.3) is 11.0 Å². The predicted octanol–water partition coefficient (Wildman–Crippen LogP) is 1.69. The number of fused-ring (bicyclic) bond motifs is 1. The van der Waals surface area contributed by atoms with Crippen LogP contribution in [0.3, 0.4) is 0 Å². The van der Waals surface area contributed by atoms with E-state index >= 15 is 0 Å². The maximum absolute atomic E-state index is 12.3. The fourth-order valence-corrected chi connectivity index (χ4v) is 2.46. The Hall–Kier alpha value is -1.69. The Labute approximate surface area is 125 Å². The van der Waals surface area contributed by atoms with Crippen LogP contribution in [0, 0.1) is 0 Å². The van der Waals surface area contributed by atoms with Crippen LogP contribution >= 0.6 is 0 Å². The first-order valence-corrected chi connectivity index (χ1v) is 7.74. The van der Waals surface area contributed by atoms with Crippen molar-refractivity contribution >= 4 is 11.0 Å². The highest BCUT2D eigenvalue weighted by Crippen LogP contribution is 2.04. The zero-order valence-corrected chi connectivity index (χ0v) is 13.2. The second kappa shape index (κ2) is 7.36. The van der Waals surface area contributed by atoms with Gasteiger partial charge in [0.25, 0.3) is 5.56 Å². The van der Waals surface area contributed by atoms with Crippen molar-refractivity contribution in [2.75, 3.05) is 6.54 Å². The molecule has 0 aliphatic carbocycles. The van der Waals surface area contributed by atoms with Gasteiger partial charge >= 0.3 is 0 Å². The summed E-state index contributed by atoms with van der Waals surface area (Å²) in [5.41, 5.74) is 0.616. The molecule has 0 fully saturated rings. The zero-order chi connectivity index (χ0) is 15.2. The van der Waals surface area contributed by atoms with Gasteiger partial charge in [-0.15, -0.1) is 0 Å². The molecule has 2 rings (SSSR count). The van der Waals surface area contributed by atoms with Gasteiger partial charge in [0.15, 0.2) is 5.65 Å². The van der Waals surface area contributed by atoms with Crippen molar-refractivity contribution in [3.63, 3.8) is 0 Å². The van der Waals surface area contributed by atoms with E-state index in [1.807, 2.05) is 0 Å². The lowest BCUT2D eigenvalue weighted by Crippen LogP contribution is -2.32. The maximum Gasteiger partial charge on any atom is 0.264 e. The highest BCUT2D eigenvalue weighted by molar-refractivity contribution is 5.72. The molecule has 0 saturated heterocycles. The van der Waals surface area contributed by atoms with Crippen LogP contribution in [-0.4, -0.2) is 31.9 Å². The molecular weight excluding hydrogens is 266 g/mol. The summed E-state index contributed by atoms with van der Waals surface area (Å²) in [4.78, 5) is 16.6. The van der Waals surface area contributed by atoms with E-state index in [1.54, 1.807) is 28.8 Å². The van der Waals surface area contributed by atoms with Crippen LogP contribution in [0.15, 0.2) is 17.3 Å². The van der Waals surface area contributed by atoms with Crippen molar-refractivity contribution in [3.8, 4) is 0 Å². The van der Waals surface area contributed by atoms with Crippen LogP contribution < -0.4 is 10.9 Å². The molecular formula is C15H25N5O. The Morgan fingerprint density at radius 3 is 2.95 bits per heavy atom. The van der Waals surface area contributed by atoms with E-state index in [-0.39, 0.29) is 5.56 Å². The molecule has 116 valence electrons. The molecule has 0 aliphatic heterocycles. The van der Waals surface area contributed by atoms with Crippen molar-refractivity contribution in [1.29, 1.82) is 0 Å².